The molecule has 4 aliphatic rings. The standard InChI is InChI=1S/C72H44N2/c1-2-20-46(21-3-1)74-68-35-15-9-27-57(68)58-41-38-49(44-69(58)74)73(47-36-39-55-54-26-8-12-31-62(54)71(66(55)42-47)60-29-10-4-22-50(60)51-23-5-11-30-61(51)71)48-37-40-56-59-28-16-18-45-19-17-34-65(70(45)59)72(67(56)43-48)63-32-13-6-24-52(63)53-25-7-14-33-64(53)72/h1-44H/i16D,17D,18D,19D,28D,34D. The zero-order valence-corrected chi connectivity index (χ0v) is 39.8. The van der Waals surface area contributed by atoms with Crippen LogP contribution in [0.15, 0.2) is 267 Å². The zero-order valence-electron chi connectivity index (χ0n) is 45.8. The molecule has 0 radical (unpaired) electrons. The minimum absolute atomic E-state index is 0.125. The molecule has 2 spiro atoms. The third kappa shape index (κ3) is 4.91. The predicted molar refractivity (Wildman–Crippen MR) is 306 cm³/mol. The van der Waals surface area contributed by atoms with Crippen molar-refractivity contribution in [3.05, 3.63) is 311 Å². The number of hydrogen-bond donors (Lipinski definition) is 0. The fourth-order valence-electron chi connectivity index (χ4n) is 14.2. The molecule has 0 aliphatic heterocycles. The summed E-state index contributed by atoms with van der Waals surface area (Å²) in [7, 11) is 0. The molecule has 0 fully saturated rings. The van der Waals surface area contributed by atoms with Crippen LogP contribution in [0.25, 0.3) is 82.8 Å². The molecule has 4 aliphatic carbocycles. The number of para-hydroxylation sites is 2. The quantitative estimate of drug-likeness (QED) is 0.171. The van der Waals surface area contributed by atoms with Crippen LogP contribution in [0.1, 0.15) is 52.7 Å². The molecule has 0 saturated carbocycles. The van der Waals surface area contributed by atoms with Gasteiger partial charge in [0.1, 0.15) is 0 Å². The van der Waals surface area contributed by atoms with E-state index in [1.807, 2.05) is 30.3 Å². The Balaban J connectivity index is 1.01. The van der Waals surface area contributed by atoms with Gasteiger partial charge in [0, 0.05) is 33.5 Å². The summed E-state index contributed by atoms with van der Waals surface area (Å²) < 4.78 is 59.7. The van der Waals surface area contributed by atoms with Crippen LogP contribution in [0.3, 0.4) is 0 Å². The maximum atomic E-state index is 10.1. The van der Waals surface area contributed by atoms with Crippen molar-refractivity contribution < 1.29 is 8.22 Å². The van der Waals surface area contributed by atoms with Crippen LogP contribution in [0.2, 0.25) is 0 Å². The second kappa shape index (κ2) is 14.6. The van der Waals surface area contributed by atoms with Gasteiger partial charge < -0.3 is 9.47 Å². The Morgan fingerprint density at radius 2 is 0.730 bits per heavy atom. The SMILES string of the molecule is [2H]c1c([2H])c2c3c(c([2H])c([2H])c([2H])c3c1[2H])C1(c3ccccc3-c3ccccc31)c1cc(N(c3ccc4c(c3)C3(c5ccccc5-c5ccccc53)c3ccccc3-4)c3ccc4c5ccccc5n(-c5ccccc5)c4c3)ccc1-2. The summed E-state index contributed by atoms with van der Waals surface area (Å²) in [5, 5.41) is 2.81. The van der Waals surface area contributed by atoms with Crippen LogP contribution in [0.5, 0.6) is 0 Å². The summed E-state index contributed by atoms with van der Waals surface area (Å²) in [5.41, 5.74) is 19.9. The molecule has 2 heteroatoms. The zero-order chi connectivity index (χ0) is 53.5. The van der Waals surface area contributed by atoms with Gasteiger partial charge in [-0.1, -0.05) is 212 Å². The first kappa shape index (κ1) is 34.8. The molecule has 0 atom stereocenters. The van der Waals surface area contributed by atoms with Crippen molar-refractivity contribution in [2.45, 2.75) is 10.8 Å². The number of rotatable bonds is 4. The Bertz CT molecular complexity index is 4820. The van der Waals surface area contributed by atoms with E-state index < -0.39 is 10.8 Å². The van der Waals surface area contributed by atoms with E-state index in [9.17, 15) is 8.22 Å². The van der Waals surface area contributed by atoms with Crippen LogP contribution in [0.4, 0.5) is 17.1 Å². The Hall–Kier alpha value is -9.50. The molecule has 1 heterocycles. The number of aromatic nitrogens is 1. The Morgan fingerprint density at radius 3 is 1.30 bits per heavy atom. The highest BCUT2D eigenvalue weighted by Gasteiger charge is 2.53. The van der Waals surface area contributed by atoms with Crippen molar-refractivity contribution in [1.82, 2.24) is 4.57 Å². The molecule has 342 valence electrons. The monoisotopic (exact) mass is 942 g/mol. The maximum absolute atomic E-state index is 10.1. The van der Waals surface area contributed by atoms with Gasteiger partial charge in [0.15, 0.2) is 0 Å². The van der Waals surface area contributed by atoms with E-state index in [1.165, 1.54) is 44.5 Å². The Morgan fingerprint density at radius 1 is 0.311 bits per heavy atom. The van der Waals surface area contributed by atoms with E-state index in [0.717, 1.165) is 72.4 Å². The lowest BCUT2D eigenvalue weighted by Crippen LogP contribution is -2.32. The second-order valence-corrected chi connectivity index (χ2v) is 20.2. The first-order chi connectivity index (χ1) is 39.2. The smallest absolute Gasteiger partial charge is 0.0726 e. The van der Waals surface area contributed by atoms with E-state index in [-0.39, 0.29) is 41.6 Å². The van der Waals surface area contributed by atoms with E-state index in [0.29, 0.717) is 22.1 Å². The summed E-state index contributed by atoms with van der Waals surface area (Å²) in [6, 6.07) is 81.0. The highest BCUT2D eigenvalue weighted by Crippen LogP contribution is 2.65. The summed E-state index contributed by atoms with van der Waals surface area (Å²) >= 11 is 0. The van der Waals surface area contributed by atoms with E-state index >= 15 is 0 Å². The molecule has 17 rings (SSSR count). The molecule has 0 unspecified atom stereocenters. The fraction of sp³-hybridized carbons (Fsp3) is 0.0278. The van der Waals surface area contributed by atoms with Gasteiger partial charge in [-0.05, 0) is 154 Å². The summed E-state index contributed by atoms with van der Waals surface area (Å²) in [5.74, 6) is 0. The molecule has 0 bridgehead atoms. The van der Waals surface area contributed by atoms with Crippen LogP contribution < -0.4 is 4.90 Å². The van der Waals surface area contributed by atoms with Gasteiger partial charge in [0.2, 0.25) is 0 Å². The molecule has 12 aromatic carbocycles. The number of anilines is 3. The maximum Gasteiger partial charge on any atom is 0.0726 e. The number of benzene rings is 12. The Kier molecular flexibility index (Phi) is 6.84. The second-order valence-electron chi connectivity index (χ2n) is 20.2. The van der Waals surface area contributed by atoms with Gasteiger partial charge in [-0.3, -0.25) is 0 Å². The molecular formula is C72H44N2. The molecule has 2 nitrogen and oxygen atoms in total. The number of nitrogens with zero attached hydrogens (tertiary/aromatic N) is 2. The van der Waals surface area contributed by atoms with Crippen molar-refractivity contribution >= 4 is 49.6 Å². The van der Waals surface area contributed by atoms with Crippen molar-refractivity contribution in [2.75, 3.05) is 4.90 Å². The van der Waals surface area contributed by atoms with Crippen LogP contribution in [-0.4, -0.2) is 4.57 Å². The molecule has 74 heavy (non-hydrogen) atoms. The molecular weight excluding hydrogens is 893 g/mol. The van der Waals surface area contributed by atoms with E-state index in [1.54, 1.807) is 0 Å². The molecule has 0 amide bonds. The largest absolute Gasteiger partial charge is 0.310 e. The van der Waals surface area contributed by atoms with Crippen LogP contribution in [0, 0.1) is 0 Å². The average molecular weight is 943 g/mol. The highest BCUT2D eigenvalue weighted by molar-refractivity contribution is 6.11. The van der Waals surface area contributed by atoms with Gasteiger partial charge in [-0.15, -0.1) is 0 Å². The van der Waals surface area contributed by atoms with Crippen LogP contribution >= 0.6 is 0 Å². The van der Waals surface area contributed by atoms with Crippen molar-refractivity contribution in [1.29, 1.82) is 0 Å². The fourth-order valence-corrected chi connectivity index (χ4v) is 14.2. The predicted octanol–water partition coefficient (Wildman–Crippen LogP) is 18.1. The van der Waals surface area contributed by atoms with Gasteiger partial charge in [0.05, 0.1) is 30.1 Å². The van der Waals surface area contributed by atoms with E-state index in [4.69, 9.17) is 0 Å². The number of hydrogen-bond acceptors (Lipinski definition) is 1. The lowest BCUT2D eigenvalue weighted by atomic mass is 9.61. The van der Waals surface area contributed by atoms with Crippen molar-refractivity contribution in [3.8, 4) is 50.2 Å². The molecule has 13 aromatic rings. The van der Waals surface area contributed by atoms with E-state index in [2.05, 4.69) is 210 Å². The topological polar surface area (TPSA) is 8.17 Å². The minimum Gasteiger partial charge on any atom is -0.310 e. The molecule has 0 saturated heterocycles. The first-order valence-corrected chi connectivity index (χ1v) is 25.4. The lowest BCUT2D eigenvalue weighted by Gasteiger charge is -2.41. The average Bonchev–Trinajstić information content (AvgIpc) is 4.10. The molecule has 1 aromatic heterocycles. The third-order valence-electron chi connectivity index (χ3n) is 16.9. The molecule has 0 N–H and O–H groups in total. The number of fused-ring (bicyclic) bond motifs is 22. The first-order valence-electron chi connectivity index (χ1n) is 28.4. The lowest BCUT2D eigenvalue weighted by molar-refractivity contribution is 0.773. The van der Waals surface area contributed by atoms with Crippen molar-refractivity contribution in [2.24, 2.45) is 0 Å². The van der Waals surface area contributed by atoms with Gasteiger partial charge in [0.25, 0.3) is 0 Å². The minimum atomic E-state index is -1.23. The van der Waals surface area contributed by atoms with Crippen molar-refractivity contribution in [3.63, 3.8) is 0 Å². The summed E-state index contributed by atoms with van der Waals surface area (Å²) in [6.45, 7) is 0. The normalized spacial score (nSPS) is 15.3. The Labute approximate surface area is 437 Å². The third-order valence-corrected chi connectivity index (χ3v) is 16.9. The summed E-state index contributed by atoms with van der Waals surface area (Å²) in [4.78, 5) is 2.36. The highest BCUT2D eigenvalue weighted by atomic mass is 15.1. The van der Waals surface area contributed by atoms with Gasteiger partial charge >= 0.3 is 0 Å². The van der Waals surface area contributed by atoms with Gasteiger partial charge in [-0.2, -0.15) is 0 Å². The van der Waals surface area contributed by atoms with Crippen LogP contribution in [-0.2, 0) is 10.8 Å². The van der Waals surface area contributed by atoms with Gasteiger partial charge in [-0.25, -0.2) is 0 Å². The summed E-state index contributed by atoms with van der Waals surface area (Å²) in [6.07, 6.45) is 0.